The third-order valence-corrected chi connectivity index (χ3v) is 3.74. The molecule has 1 N–H and O–H groups in total. The minimum absolute atomic E-state index is 0.328. The summed E-state index contributed by atoms with van der Waals surface area (Å²) in [6.07, 6.45) is 7.33. The van der Waals surface area contributed by atoms with Crippen LogP contribution in [0.1, 0.15) is 38.5 Å². The third-order valence-electron chi connectivity index (χ3n) is 3.74. The molecule has 2 atom stereocenters. The van der Waals surface area contributed by atoms with Gasteiger partial charge in [-0.15, -0.1) is 0 Å². The number of rotatable bonds is 3. The first-order valence-corrected chi connectivity index (χ1v) is 6.36. The zero-order valence-electron chi connectivity index (χ0n) is 9.53. The van der Waals surface area contributed by atoms with Crippen molar-refractivity contribution in [1.29, 1.82) is 0 Å². The van der Waals surface area contributed by atoms with Crippen LogP contribution in [0.25, 0.3) is 0 Å². The number of likely N-dealkylation sites (tertiary alicyclic amines) is 1. The van der Waals surface area contributed by atoms with Crippen LogP contribution in [-0.4, -0.2) is 48.5 Å². The minimum atomic E-state index is 0.328. The molecule has 0 aliphatic carbocycles. The molecule has 2 heterocycles. The van der Waals surface area contributed by atoms with Crippen molar-refractivity contribution in [2.75, 3.05) is 26.4 Å². The lowest BCUT2D eigenvalue weighted by Gasteiger charge is -2.42. The second-order valence-corrected chi connectivity index (χ2v) is 4.77. The van der Waals surface area contributed by atoms with Gasteiger partial charge < -0.3 is 9.84 Å². The van der Waals surface area contributed by atoms with Gasteiger partial charge in [-0.05, 0) is 38.6 Å². The molecule has 0 saturated carbocycles. The van der Waals surface area contributed by atoms with Gasteiger partial charge in [0.1, 0.15) is 0 Å². The van der Waals surface area contributed by atoms with Crippen LogP contribution in [0.4, 0.5) is 0 Å². The minimum Gasteiger partial charge on any atom is -0.396 e. The number of piperidine rings is 1. The second-order valence-electron chi connectivity index (χ2n) is 4.77. The molecule has 2 rings (SSSR count). The summed E-state index contributed by atoms with van der Waals surface area (Å²) in [5, 5.41) is 9.08. The molecule has 2 fully saturated rings. The molecule has 0 bridgehead atoms. The van der Waals surface area contributed by atoms with Crippen LogP contribution in [0.2, 0.25) is 0 Å². The summed E-state index contributed by atoms with van der Waals surface area (Å²) in [4.78, 5) is 2.60. The molecule has 2 unspecified atom stereocenters. The van der Waals surface area contributed by atoms with E-state index in [-0.39, 0.29) is 0 Å². The smallest absolute Gasteiger partial charge is 0.0621 e. The molecule has 0 aromatic rings. The molecule has 0 spiro atoms. The van der Waals surface area contributed by atoms with Crippen LogP contribution in [-0.2, 0) is 4.74 Å². The first-order chi connectivity index (χ1) is 7.42. The first kappa shape index (κ1) is 11.4. The Morgan fingerprint density at radius 2 is 2.13 bits per heavy atom. The van der Waals surface area contributed by atoms with E-state index >= 15 is 0 Å². The number of hydrogen-bond donors (Lipinski definition) is 1. The van der Waals surface area contributed by atoms with E-state index in [0.717, 1.165) is 19.6 Å². The lowest BCUT2D eigenvalue weighted by molar-refractivity contribution is -0.0162. The molecule has 3 nitrogen and oxygen atoms in total. The molecule has 2 aliphatic rings. The summed E-state index contributed by atoms with van der Waals surface area (Å²) < 4.78 is 5.56. The van der Waals surface area contributed by atoms with Gasteiger partial charge in [0.25, 0.3) is 0 Å². The van der Waals surface area contributed by atoms with Crippen LogP contribution < -0.4 is 0 Å². The molecule has 0 aromatic heterocycles. The highest BCUT2D eigenvalue weighted by molar-refractivity contribution is 4.84. The highest BCUT2D eigenvalue weighted by Crippen LogP contribution is 2.25. The average Bonchev–Trinajstić information content (AvgIpc) is 2.31. The van der Waals surface area contributed by atoms with Crippen LogP contribution in [0.3, 0.4) is 0 Å². The summed E-state index contributed by atoms with van der Waals surface area (Å²) >= 11 is 0. The van der Waals surface area contributed by atoms with Crippen molar-refractivity contribution in [3.63, 3.8) is 0 Å². The van der Waals surface area contributed by atoms with Gasteiger partial charge in [0.15, 0.2) is 0 Å². The van der Waals surface area contributed by atoms with Crippen molar-refractivity contribution >= 4 is 0 Å². The molecule has 0 radical (unpaired) electrons. The summed E-state index contributed by atoms with van der Waals surface area (Å²) in [5.41, 5.74) is 0. The molecular weight excluding hydrogens is 190 g/mol. The average molecular weight is 213 g/mol. The normalized spacial score (nSPS) is 34.2. The Bertz CT molecular complexity index is 168. The standard InChI is InChI=1S/C12H23NO2/c14-8-6-11-4-1-2-7-13(11)12-5-3-9-15-10-12/h11-12,14H,1-10H2. The largest absolute Gasteiger partial charge is 0.396 e. The van der Waals surface area contributed by atoms with E-state index < -0.39 is 0 Å². The van der Waals surface area contributed by atoms with Crippen LogP contribution in [0.15, 0.2) is 0 Å². The van der Waals surface area contributed by atoms with Crippen LogP contribution in [0, 0.1) is 0 Å². The maximum atomic E-state index is 9.08. The van der Waals surface area contributed by atoms with Gasteiger partial charge in [-0.3, -0.25) is 4.90 Å². The summed E-state index contributed by atoms with van der Waals surface area (Å²) in [6.45, 7) is 3.38. The molecule has 2 saturated heterocycles. The Morgan fingerprint density at radius 3 is 2.87 bits per heavy atom. The van der Waals surface area contributed by atoms with Crippen molar-refractivity contribution in [3.8, 4) is 0 Å². The van der Waals surface area contributed by atoms with Gasteiger partial charge in [0.05, 0.1) is 6.61 Å². The first-order valence-electron chi connectivity index (χ1n) is 6.36. The van der Waals surface area contributed by atoms with E-state index in [1.807, 2.05) is 0 Å². The van der Waals surface area contributed by atoms with Crippen LogP contribution in [0.5, 0.6) is 0 Å². The predicted octanol–water partition coefficient (Wildman–Crippen LogP) is 1.40. The monoisotopic (exact) mass is 213 g/mol. The molecule has 88 valence electrons. The molecule has 2 aliphatic heterocycles. The molecule has 3 heteroatoms. The second kappa shape index (κ2) is 5.83. The van der Waals surface area contributed by atoms with Crippen molar-refractivity contribution in [1.82, 2.24) is 4.90 Å². The van der Waals surface area contributed by atoms with E-state index in [9.17, 15) is 0 Å². The summed E-state index contributed by atoms with van der Waals surface area (Å²) in [5.74, 6) is 0. The zero-order valence-corrected chi connectivity index (χ0v) is 9.53. The fourth-order valence-corrected chi connectivity index (χ4v) is 2.95. The summed E-state index contributed by atoms with van der Waals surface area (Å²) in [6, 6.07) is 1.23. The lowest BCUT2D eigenvalue weighted by Crippen LogP contribution is -2.49. The Kier molecular flexibility index (Phi) is 4.42. The van der Waals surface area contributed by atoms with Crippen molar-refractivity contribution in [2.45, 2.75) is 50.6 Å². The quantitative estimate of drug-likeness (QED) is 0.769. The van der Waals surface area contributed by atoms with Gasteiger partial charge in [0.2, 0.25) is 0 Å². The highest BCUT2D eigenvalue weighted by atomic mass is 16.5. The Balaban J connectivity index is 1.90. The van der Waals surface area contributed by atoms with Crippen molar-refractivity contribution in [3.05, 3.63) is 0 Å². The van der Waals surface area contributed by atoms with Crippen molar-refractivity contribution < 1.29 is 9.84 Å². The van der Waals surface area contributed by atoms with E-state index in [4.69, 9.17) is 9.84 Å². The highest BCUT2D eigenvalue weighted by Gasteiger charge is 2.29. The Hall–Kier alpha value is -0.120. The fourth-order valence-electron chi connectivity index (χ4n) is 2.95. The van der Waals surface area contributed by atoms with Crippen LogP contribution >= 0.6 is 0 Å². The predicted molar refractivity (Wildman–Crippen MR) is 59.9 cm³/mol. The number of aliphatic hydroxyl groups is 1. The van der Waals surface area contributed by atoms with E-state index in [1.54, 1.807) is 0 Å². The van der Waals surface area contributed by atoms with Gasteiger partial charge in [-0.25, -0.2) is 0 Å². The fraction of sp³-hybridized carbons (Fsp3) is 1.00. The van der Waals surface area contributed by atoms with Gasteiger partial charge in [-0.1, -0.05) is 6.42 Å². The Morgan fingerprint density at radius 1 is 1.20 bits per heavy atom. The number of hydrogen-bond acceptors (Lipinski definition) is 3. The summed E-state index contributed by atoms with van der Waals surface area (Å²) in [7, 11) is 0. The van der Waals surface area contributed by atoms with Crippen molar-refractivity contribution in [2.24, 2.45) is 0 Å². The number of ether oxygens (including phenoxy) is 1. The topological polar surface area (TPSA) is 32.7 Å². The Labute approximate surface area is 92.4 Å². The van der Waals surface area contributed by atoms with Gasteiger partial charge in [-0.2, -0.15) is 0 Å². The molecule has 15 heavy (non-hydrogen) atoms. The third kappa shape index (κ3) is 2.92. The lowest BCUT2D eigenvalue weighted by atomic mass is 9.95. The number of aliphatic hydroxyl groups excluding tert-OH is 1. The molecular formula is C12H23NO2. The van der Waals surface area contributed by atoms with E-state index in [2.05, 4.69) is 4.90 Å². The van der Waals surface area contributed by atoms with E-state index in [0.29, 0.717) is 18.7 Å². The molecule has 0 aromatic carbocycles. The van der Waals surface area contributed by atoms with Gasteiger partial charge >= 0.3 is 0 Å². The molecule has 0 amide bonds. The van der Waals surface area contributed by atoms with Gasteiger partial charge in [0, 0.05) is 25.3 Å². The zero-order chi connectivity index (χ0) is 10.5. The van der Waals surface area contributed by atoms with E-state index in [1.165, 1.54) is 38.6 Å². The maximum absolute atomic E-state index is 9.08. The number of nitrogens with zero attached hydrogens (tertiary/aromatic N) is 1. The maximum Gasteiger partial charge on any atom is 0.0621 e. The SMILES string of the molecule is OCCC1CCCCN1C1CCCOC1.